The van der Waals surface area contributed by atoms with Crippen molar-refractivity contribution in [3.63, 3.8) is 0 Å². The second kappa shape index (κ2) is 8.25. The maximum Gasteiger partial charge on any atom is 0.254 e. The molecule has 1 aromatic heterocycles. The van der Waals surface area contributed by atoms with Gasteiger partial charge >= 0.3 is 0 Å². The lowest BCUT2D eigenvalue weighted by Crippen LogP contribution is -2.42. The summed E-state index contributed by atoms with van der Waals surface area (Å²) < 4.78 is 0. The molecule has 2 aliphatic rings. The van der Waals surface area contributed by atoms with E-state index in [1.807, 2.05) is 59.5 Å². The van der Waals surface area contributed by atoms with Crippen LogP contribution in [0.2, 0.25) is 0 Å². The molecule has 5 heteroatoms. The lowest BCUT2D eigenvalue weighted by atomic mass is 9.82. The SMILES string of the molecule is O=C(c1ccccc1)N1CC[C@H]2[C@H](CO)Nc3ccc(C#Cc4cccnc4)cc3[C@H]21. The fraction of sp³-hybridized carbons (Fsp3) is 0.231. The molecule has 3 heterocycles. The number of hydrogen-bond acceptors (Lipinski definition) is 4. The number of benzene rings is 2. The second-order valence-electron chi connectivity index (χ2n) is 7.99. The average molecular weight is 409 g/mol. The summed E-state index contributed by atoms with van der Waals surface area (Å²) in [6.07, 6.45) is 4.32. The monoisotopic (exact) mass is 409 g/mol. The third-order valence-electron chi connectivity index (χ3n) is 6.16. The van der Waals surface area contributed by atoms with E-state index in [9.17, 15) is 9.90 Å². The van der Waals surface area contributed by atoms with Crippen LogP contribution in [-0.4, -0.2) is 40.1 Å². The molecular weight excluding hydrogens is 386 g/mol. The Balaban J connectivity index is 1.52. The van der Waals surface area contributed by atoms with Crippen LogP contribution in [0.15, 0.2) is 73.1 Å². The molecule has 3 aromatic rings. The zero-order chi connectivity index (χ0) is 21.2. The van der Waals surface area contributed by atoms with E-state index in [-0.39, 0.29) is 30.5 Å². The molecule has 154 valence electrons. The highest BCUT2D eigenvalue weighted by Crippen LogP contribution is 2.47. The average Bonchev–Trinajstić information content (AvgIpc) is 3.28. The molecule has 5 rings (SSSR count). The quantitative estimate of drug-likeness (QED) is 0.636. The molecule has 0 saturated carbocycles. The number of aliphatic hydroxyl groups excluding tert-OH is 1. The molecule has 2 aromatic carbocycles. The van der Waals surface area contributed by atoms with Crippen LogP contribution in [0.3, 0.4) is 0 Å². The number of amides is 1. The minimum absolute atomic E-state index is 0.0319. The van der Waals surface area contributed by atoms with Crippen LogP contribution < -0.4 is 5.32 Å². The van der Waals surface area contributed by atoms with Gasteiger partial charge in [0.2, 0.25) is 0 Å². The smallest absolute Gasteiger partial charge is 0.254 e. The number of carbonyl (C=O) groups excluding carboxylic acids is 1. The predicted octanol–water partition coefficient (Wildman–Crippen LogP) is 3.47. The van der Waals surface area contributed by atoms with Crippen LogP contribution in [0.5, 0.6) is 0 Å². The normalized spacial score (nSPS) is 21.3. The lowest BCUT2D eigenvalue weighted by molar-refractivity contribution is 0.0701. The standard InChI is InChI=1S/C26H23N3O2/c30-17-24-21-12-14-29(26(31)20-6-2-1-3-7-20)25(21)22-15-18(10-11-23(22)28-24)8-9-19-5-4-13-27-16-19/h1-7,10-11,13,15-16,21,24-25,28,30H,12,14,17H2/t21-,24-,25-/m0/s1. The van der Waals surface area contributed by atoms with Gasteiger partial charge in [0, 0.05) is 47.2 Å². The molecule has 5 nitrogen and oxygen atoms in total. The molecule has 0 radical (unpaired) electrons. The first-order valence-electron chi connectivity index (χ1n) is 10.5. The molecule has 0 spiro atoms. The highest BCUT2D eigenvalue weighted by Gasteiger charge is 2.45. The Hall–Kier alpha value is -3.62. The largest absolute Gasteiger partial charge is 0.394 e. The van der Waals surface area contributed by atoms with Gasteiger partial charge in [-0.25, -0.2) is 0 Å². The Morgan fingerprint density at radius 1 is 1.10 bits per heavy atom. The summed E-state index contributed by atoms with van der Waals surface area (Å²) in [6, 6.07) is 19.1. The first-order valence-corrected chi connectivity index (χ1v) is 10.5. The van der Waals surface area contributed by atoms with Gasteiger partial charge in [0.15, 0.2) is 0 Å². The molecule has 3 atom stereocenters. The van der Waals surface area contributed by atoms with Gasteiger partial charge < -0.3 is 15.3 Å². The fourth-order valence-corrected chi connectivity index (χ4v) is 4.70. The molecule has 0 aliphatic carbocycles. The summed E-state index contributed by atoms with van der Waals surface area (Å²) >= 11 is 0. The van der Waals surface area contributed by atoms with Gasteiger partial charge in [-0.1, -0.05) is 30.0 Å². The summed E-state index contributed by atoms with van der Waals surface area (Å²) in [4.78, 5) is 19.4. The first-order chi connectivity index (χ1) is 15.2. The number of nitrogens with one attached hydrogen (secondary N) is 1. The van der Waals surface area contributed by atoms with E-state index in [0.717, 1.165) is 28.8 Å². The van der Waals surface area contributed by atoms with Crippen molar-refractivity contribution in [1.29, 1.82) is 0 Å². The zero-order valence-corrected chi connectivity index (χ0v) is 17.0. The van der Waals surface area contributed by atoms with Crippen molar-refractivity contribution in [1.82, 2.24) is 9.88 Å². The van der Waals surface area contributed by atoms with Crippen LogP contribution >= 0.6 is 0 Å². The summed E-state index contributed by atoms with van der Waals surface area (Å²) in [5.41, 5.74) is 4.47. The molecule has 0 bridgehead atoms. The number of rotatable bonds is 2. The maximum absolute atomic E-state index is 13.3. The van der Waals surface area contributed by atoms with Crippen LogP contribution in [0, 0.1) is 17.8 Å². The highest BCUT2D eigenvalue weighted by molar-refractivity contribution is 5.95. The van der Waals surface area contributed by atoms with E-state index in [1.54, 1.807) is 12.4 Å². The Bertz CT molecular complexity index is 1150. The Morgan fingerprint density at radius 3 is 2.71 bits per heavy atom. The number of pyridine rings is 1. The van der Waals surface area contributed by atoms with Gasteiger partial charge in [-0.05, 0) is 54.4 Å². The van der Waals surface area contributed by atoms with Crippen molar-refractivity contribution in [2.24, 2.45) is 5.92 Å². The lowest BCUT2D eigenvalue weighted by Gasteiger charge is -2.39. The van der Waals surface area contributed by atoms with Crippen LogP contribution in [0.4, 0.5) is 5.69 Å². The van der Waals surface area contributed by atoms with Gasteiger partial charge in [-0.2, -0.15) is 0 Å². The molecule has 0 unspecified atom stereocenters. The molecular formula is C26H23N3O2. The number of aliphatic hydroxyl groups is 1. The third-order valence-corrected chi connectivity index (χ3v) is 6.16. The fourth-order valence-electron chi connectivity index (χ4n) is 4.70. The Kier molecular flexibility index (Phi) is 5.15. The van der Waals surface area contributed by atoms with Crippen molar-refractivity contribution >= 4 is 11.6 Å². The van der Waals surface area contributed by atoms with Gasteiger partial charge in [0.1, 0.15) is 0 Å². The summed E-state index contributed by atoms with van der Waals surface area (Å²) in [5, 5.41) is 13.4. The van der Waals surface area contributed by atoms with E-state index < -0.39 is 0 Å². The van der Waals surface area contributed by atoms with E-state index in [0.29, 0.717) is 12.1 Å². The number of fused-ring (bicyclic) bond motifs is 3. The van der Waals surface area contributed by atoms with Gasteiger partial charge in [0.25, 0.3) is 5.91 Å². The summed E-state index contributed by atoms with van der Waals surface area (Å²) in [5.74, 6) is 6.57. The third kappa shape index (κ3) is 3.67. The number of hydrogen-bond donors (Lipinski definition) is 2. The van der Waals surface area contributed by atoms with E-state index in [4.69, 9.17) is 0 Å². The number of likely N-dealkylation sites (tertiary alicyclic amines) is 1. The summed E-state index contributed by atoms with van der Waals surface area (Å²) in [7, 11) is 0. The second-order valence-corrected chi connectivity index (χ2v) is 7.99. The van der Waals surface area contributed by atoms with Crippen molar-refractivity contribution in [3.8, 4) is 11.8 Å². The topological polar surface area (TPSA) is 65.5 Å². The van der Waals surface area contributed by atoms with Crippen molar-refractivity contribution in [3.05, 3.63) is 95.3 Å². The minimum atomic E-state index is -0.0822. The van der Waals surface area contributed by atoms with Gasteiger partial charge in [-0.15, -0.1) is 0 Å². The Morgan fingerprint density at radius 2 is 1.94 bits per heavy atom. The van der Waals surface area contributed by atoms with Crippen molar-refractivity contribution in [2.75, 3.05) is 18.5 Å². The maximum atomic E-state index is 13.3. The number of nitrogens with zero attached hydrogens (tertiary/aromatic N) is 2. The van der Waals surface area contributed by atoms with Crippen molar-refractivity contribution < 1.29 is 9.90 Å². The Labute approximate surface area is 181 Å². The molecule has 31 heavy (non-hydrogen) atoms. The van der Waals surface area contributed by atoms with Crippen LogP contribution in [-0.2, 0) is 0 Å². The number of aromatic nitrogens is 1. The van der Waals surface area contributed by atoms with Gasteiger partial charge in [0.05, 0.1) is 18.7 Å². The minimum Gasteiger partial charge on any atom is -0.394 e. The highest BCUT2D eigenvalue weighted by atomic mass is 16.3. The predicted molar refractivity (Wildman–Crippen MR) is 119 cm³/mol. The molecule has 1 amide bonds. The molecule has 1 saturated heterocycles. The zero-order valence-electron chi connectivity index (χ0n) is 17.0. The number of anilines is 1. The van der Waals surface area contributed by atoms with E-state index >= 15 is 0 Å². The molecule has 2 N–H and O–H groups in total. The van der Waals surface area contributed by atoms with E-state index in [1.165, 1.54) is 0 Å². The van der Waals surface area contributed by atoms with Crippen LogP contribution in [0.1, 0.15) is 39.5 Å². The summed E-state index contributed by atoms with van der Waals surface area (Å²) in [6.45, 7) is 0.711. The van der Waals surface area contributed by atoms with Gasteiger partial charge in [-0.3, -0.25) is 9.78 Å². The molecule has 1 fully saturated rings. The van der Waals surface area contributed by atoms with Crippen molar-refractivity contribution in [2.45, 2.75) is 18.5 Å². The molecule has 2 aliphatic heterocycles. The first kappa shape index (κ1) is 19.3. The number of carbonyl (C=O) groups is 1. The van der Waals surface area contributed by atoms with Crippen LogP contribution in [0.25, 0.3) is 0 Å². The van der Waals surface area contributed by atoms with E-state index in [2.05, 4.69) is 28.2 Å².